The van der Waals surface area contributed by atoms with E-state index < -0.39 is 5.41 Å². The summed E-state index contributed by atoms with van der Waals surface area (Å²) >= 11 is 0. The maximum Gasteiger partial charge on any atom is 0.236 e. The van der Waals surface area contributed by atoms with Crippen LogP contribution in [0.15, 0.2) is 24.3 Å². The van der Waals surface area contributed by atoms with Crippen molar-refractivity contribution in [2.45, 2.75) is 46.3 Å². The number of hydrogen-bond acceptors (Lipinski definition) is 3. The first-order valence-corrected chi connectivity index (χ1v) is 7.09. The molecule has 1 saturated heterocycles. The largest absolute Gasteiger partial charge is 0.392 e. The van der Waals surface area contributed by atoms with Crippen LogP contribution >= 0.6 is 0 Å². The molecule has 0 atom stereocenters. The molecule has 0 radical (unpaired) electrons. The Bertz CT molecular complexity index is 520. The van der Waals surface area contributed by atoms with E-state index >= 15 is 0 Å². The molecule has 20 heavy (non-hydrogen) atoms. The molecular formula is C16H21NO3. The lowest BCUT2D eigenvalue weighted by molar-refractivity contribution is -0.142. The second kappa shape index (κ2) is 5.75. The zero-order valence-electron chi connectivity index (χ0n) is 12.1. The fourth-order valence-corrected chi connectivity index (χ4v) is 2.83. The molecule has 1 heterocycles. The van der Waals surface area contributed by atoms with Crippen LogP contribution in [0.4, 0.5) is 0 Å². The average Bonchev–Trinajstić information content (AvgIpc) is 2.72. The zero-order valence-corrected chi connectivity index (χ0v) is 12.1. The SMILES string of the molecule is CCC1(CC)CC(=O)N(Cc2cccc(CO)c2)C1=O. The Morgan fingerprint density at radius 1 is 1.20 bits per heavy atom. The first-order valence-electron chi connectivity index (χ1n) is 7.09. The lowest BCUT2D eigenvalue weighted by Crippen LogP contribution is -2.34. The van der Waals surface area contributed by atoms with Gasteiger partial charge in [-0.25, -0.2) is 0 Å². The summed E-state index contributed by atoms with van der Waals surface area (Å²) in [5.41, 5.74) is 1.16. The number of aliphatic hydroxyl groups excluding tert-OH is 1. The van der Waals surface area contributed by atoms with Crippen molar-refractivity contribution in [1.82, 2.24) is 4.90 Å². The normalized spacial score (nSPS) is 17.9. The summed E-state index contributed by atoms with van der Waals surface area (Å²) in [5.74, 6) is -0.144. The molecule has 1 aliphatic rings. The highest BCUT2D eigenvalue weighted by Crippen LogP contribution is 2.39. The minimum atomic E-state index is -0.508. The maximum atomic E-state index is 12.5. The van der Waals surface area contributed by atoms with Crippen LogP contribution in [0, 0.1) is 5.41 Å². The Labute approximate surface area is 119 Å². The quantitative estimate of drug-likeness (QED) is 0.838. The standard InChI is InChI=1S/C16H21NO3/c1-3-16(4-2)9-14(19)17(15(16)20)10-12-6-5-7-13(8-12)11-18/h5-8,18H,3-4,9-11H2,1-2H3. The Morgan fingerprint density at radius 3 is 2.40 bits per heavy atom. The molecule has 0 saturated carbocycles. The van der Waals surface area contributed by atoms with Gasteiger partial charge in [0.25, 0.3) is 0 Å². The number of carbonyl (C=O) groups excluding carboxylic acids is 2. The number of aliphatic hydroxyl groups is 1. The van der Waals surface area contributed by atoms with Gasteiger partial charge in [0.05, 0.1) is 18.6 Å². The molecule has 1 N–H and O–H groups in total. The third-order valence-corrected chi connectivity index (χ3v) is 4.36. The lowest BCUT2D eigenvalue weighted by atomic mass is 9.81. The van der Waals surface area contributed by atoms with E-state index in [1.54, 1.807) is 0 Å². The van der Waals surface area contributed by atoms with Gasteiger partial charge in [-0.1, -0.05) is 38.1 Å². The molecule has 0 spiro atoms. The van der Waals surface area contributed by atoms with Crippen molar-refractivity contribution in [3.8, 4) is 0 Å². The van der Waals surface area contributed by atoms with Crippen molar-refractivity contribution in [3.05, 3.63) is 35.4 Å². The van der Waals surface area contributed by atoms with Gasteiger partial charge in [-0.15, -0.1) is 0 Å². The smallest absolute Gasteiger partial charge is 0.236 e. The van der Waals surface area contributed by atoms with Crippen LogP contribution in [0.3, 0.4) is 0 Å². The predicted molar refractivity (Wildman–Crippen MR) is 75.6 cm³/mol. The van der Waals surface area contributed by atoms with E-state index in [9.17, 15) is 9.59 Å². The number of benzene rings is 1. The highest BCUT2D eigenvalue weighted by atomic mass is 16.3. The minimum Gasteiger partial charge on any atom is -0.392 e. The Balaban J connectivity index is 2.21. The number of amides is 2. The van der Waals surface area contributed by atoms with Crippen LogP contribution in [0.5, 0.6) is 0 Å². The van der Waals surface area contributed by atoms with Gasteiger partial charge in [0.15, 0.2) is 0 Å². The fraction of sp³-hybridized carbons (Fsp3) is 0.500. The molecule has 108 valence electrons. The van der Waals surface area contributed by atoms with Crippen LogP contribution in [0.1, 0.15) is 44.2 Å². The van der Waals surface area contributed by atoms with Gasteiger partial charge in [0.2, 0.25) is 11.8 Å². The van der Waals surface area contributed by atoms with E-state index in [-0.39, 0.29) is 18.4 Å². The molecule has 0 bridgehead atoms. The summed E-state index contributed by atoms with van der Waals surface area (Å²) in [6.07, 6.45) is 1.71. The first kappa shape index (κ1) is 14.7. The molecule has 1 aromatic rings. The summed E-state index contributed by atoms with van der Waals surface area (Å²) in [4.78, 5) is 26.0. The molecule has 0 aromatic heterocycles. The third-order valence-electron chi connectivity index (χ3n) is 4.36. The zero-order chi connectivity index (χ0) is 14.8. The highest BCUT2D eigenvalue weighted by Gasteiger charge is 2.48. The van der Waals surface area contributed by atoms with Gasteiger partial charge in [-0.2, -0.15) is 0 Å². The van der Waals surface area contributed by atoms with Crippen LogP contribution < -0.4 is 0 Å². The van der Waals surface area contributed by atoms with Crippen molar-refractivity contribution < 1.29 is 14.7 Å². The Kier molecular flexibility index (Phi) is 4.23. The van der Waals surface area contributed by atoms with Gasteiger partial charge in [-0.05, 0) is 24.0 Å². The number of nitrogens with zero attached hydrogens (tertiary/aromatic N) is 1. The molecule has 1 fully saturated rings. The maximum absolute atomic E-state index is 12.5. The van der Waals surface area contributed by atoms with Crippen molar-refractivity contribution in [2.24, 2.45) is 5.41 Å². The van der Waals surface area contributed by atoms with Crippen LogP contribution in [0.25, 0.3) is 0 Å². The summed E-state index contributed by atoms with van der Waals surface area (Å²) < 4.78 is 0. The molecule has 2 rings (SSSR count). The van der Waals surface area contributed by atoms with Gasteiger partial charge in [0.1, 0.15) is 0 Å². The molecule has 0 unspecified atom stereocenters. The Morgan fingerprint density at radius 2 is 1.85 bits per heavy atom. The van der Waals surface area contributed by atoms with E-state index in [2.05, 4.69) is 0 Å². The third kappa shape index (κ3) is 2.48. The van der Waals surface area contributed by atoms with Crippen LogP contribution in [-0.4, -0.2) is 21.8 Å². The minimum absolute atomic E-state index is 0.0381. The molecule has 4 nitrogen and oxygen atoms in total. The van der Waals surface area contributed by atoms with E-state index in [1.165, 1.54) is 4.90 Å². The summed E-state index contributed by atoms with van der Waals surface area (Å²) in [5, 5.41) is 9.14. The van der Waals surface area contributed by atoms with Crippen molar-refractivity contribution >= 4 is 11.8 Å². The monoisotopic (exact) mass is 275 g/mol. The van der Waals surface area contributed by atoms with Gasteiger partial charge >= 0.3 is 0 Å². The summed E-state index contributed by atoms with van der Waals surface area (Å²) in [6.45, 7) is 4.19. The summed E-state index contributed by atoms with van der Waals surface area (Å²) in [7, 11) is 0. The molecular weight excluding hydrogens is 254 g/mol. The highest BCUT2D eigenvalue weighted by molar-refractivity contribution is 6.05. The first-order chi connectivity index (χ1) is 9.56. The number of carbonyl (C=O) groups is 2. The second-order valence-electron chi connectivity index (χ2n) is 5.43. The van der Waals surface area contributed by atoms with E-state index in [1.807, 2.05) is 38.1 Å². The number of likely N-dealkylation sites (tertiary alicyclic amines) is 1. The molecule has 1 aromatic carbocycles. The van der Waals surface area contributed by atoms with Crippen LogP contribution in [0.2, 0.25) is 0 Å². The van der Waals surface area contributed by atoms with Crippen molar-refractivity contribution in [3.63, 3.8) is 0 Å². The van der Waals surface area contributed by atoms with Gasteiger partial charge in [0, 0.05) is 6.42 Å². The summed E-state index contributed by atoms with van der Waals surface area (Å²) in [6, 6.07) is 7.36. The van der Waals surface area contributed by atoms with E-state index in [0.29, 0.717) is 25.8 Å². The lowest BCUT2D eigenvalue weighted by Gasteiger charge is -2.23. The van der Waals surface area contributed by atoms with Gasteiger partial charge < -0.3 is 5.11 Å². The predicted octanol–water partition coefficient (Wildman–Crippen LogP) is 2.24. The molecule has 2 amide bonds. The van der Waals surface area contributed by atoms with E-state index in [0.717, 1.165) is 11.1 Å². The number of imide groups is 1. The van der Waals surface area contributed by atoms with Gasteiger partial charge in [-0.3, -0.25) is 14.5 Å². The topological polar surface area (TPSA) is 57.6 Å². The molecule has 0 aliphatic carbocycles. The van der Waals surface area contributed by atoms with Crippen molar-refractivity contribution in [2.75, 3.05) is 0 Å². The Hall–Kier alpha value is -1.68. The molecule has 1 aliphatic heterocycles. The second-order valence-corrected chi connectivity index (χ2v) is 5.43. The van der Waals surface area contributed by atoms with E-state index in [4.69, 9.17) is 5.11 Å². The van der Waals surface area contributed by atoms with Crippen molar-refractivity contribution in [1.29, 1.82) is 0 Å². The fourth-order valence-electron chi connectivity index (χ4n) is 2.83. The molecule has 4 heteroatoms. The number of rotatable bonds is 5. The average molecular weight is 275 g/mol. The van der Waals surface area contributed by atoms with Crippen LogP contribution in [-0.2, 0) is 22.7 Å². The number of hydrogen-bond donors (Lipinski definition) is 1.